The minimum absolute atomic E-state index is 0.0595. The zero-order chi connectivity index (χ0) is 21.0. The summed E-state index contributed by atoms with van der Waals surface area (Å²) in [6.07, 6.45) is 5.53. The van der Waals surface area contributed by atoms with Gasteiger partial charge in [0.05, 0.1) is 6.10 Å². The van der Waals surface area contributed by atoms with Crippen LogP contribution in [0.15, 0.2) is 18.2 Å². The fourth-order valence-corrected chi connectivity index (χ4v) is 4.33. The van der Waals surface area contributed by atoms with Crippen LogP contribution in [0.4, 0.5) is 14.9 Å². The van der Waals surface area contributed by atoms with Gasteiger partial charge in [-0.3, -0.25) is 0 Å². The van der Waals surface area contributed by atoms with Gasteiger partial charge in [0, 0.05) is 29.7 Å². The first kappa shape index (κ1) is 22.2. The standard InChI is InChI=1S/C22H32ClFN2O3/c1-22(2,3)29-21(27)26-10-6-7-15(14-26)19-8-4-5-9-20(28-19)25-18-12-16(23)11-17(24)13-18/h11-13,15,19-20,25H,4-10,14H2,1-3H3/t15-,19-,20?/m1/s1. The lowest BCUT2D eigenvalue weighted by molar-refractivity contribution is -0.0482. The number of likely N-dealkylation sites (tertiary alicyclic amines) is 1. The van der Waals surface area contributed by atoms with Gasteiger partial charge in [-0.15, -0.1) is 0 Å². The molecule has 2 aliphatic rings. The first-order valence-corrected chi connectivity index (χ1v) is 10.9. The van der Waals surface area contributed by atoms with Crippen LogP contribution >= 0.6 is 11.6 Å². The number of hydrogen-bond donors (Lipinski definition) is 1. The molecule has 0 aliphatic carbocycles. The first-order chi connectivity index (χ1) is 13.7. The summed E-state index contributed by atoms with van der Waals surface area (Å²) in [6.45, 7) is 7.03. The fraction of sp³-hybridized carbons (Fsp3) is 0.682. The van der Waals surface area contributed by atoms with Crippen molar-refractivity contribution in [1.82, 2.24) is 4.90 Å². The number of nitrogens with zero attached hydrogens (tertiary/aromatic N) is 1. The van der Waals surface area contributed by atoms with E-state index in [0.29, 0.717) is 17.3 Å². The number of amides is 1. The van der Waals surface area contributed by atoms with Crippen molar-refractivity contribution in [1.29, 1.82) is 0 Å². The Hall–Kier alpha value is -1.53. The predicted octanol–water partition coefficient (Wildman–Crippen LogP) is 5.82. The molecule has 3 atom stereocenters. The molecular weight excluding hydrogens is 395 g/mol. The van der Waals surface area contributed by atoms with Crippen molar-refractivity contribution in [2.45, 2.75) is 77.2 Å². The molecule has 3 rings (SSSR count). The largest absolute Gasteiger partial charge is 0.444 e. The van der Waals surface area contributed by atoms with Crippen LogP contribution in [0.3, 0.4) is 0 Å². The Kier molecular flexibility index (Phi) is 7.28. The molecule has 0 spiro atoms. The van der Waals surface area contributed by atoms with E-state index in [4.69, 9.17) is 21.1 Å². The molecule has 1 amide bonds. The Labute approximate surface area is 177 Å². The van der Waals surface area contributed by atoms with E-state index < -0.39 is 5.60 Å². The van der Waals surface area contributed by atoms with Crippen molar-refractivity contribution >= 4 is 23.4 Å². The number of carbonyl (C=O) groups excluding carboxylic acids is 1. The normalized spacial score (nSPS) is 26.0. The molecule has 0 radical (unpaired) electrons. The van der Waals surface area contributed by atoms with Crippen molar-refractivity contribution in [3.63, 3.8) is 0 Å². The second-order valence-electron chi connectivity index (χ2n) is 9.08. The average molecular weight is 427 g/mol. The Balaban J connectivity index is 1.62. The summed E-state index contributed by atoms with van der Waals surface area (Å²) in [6, 6.07) is 4.43. The van der Waals surface area contributed by atoms with Gasteiger partial charge in [-0.25, -0.2) is 9.18 Å². The Morgan fingerprint density at radius 2 is 1.97 bits per heavy atom. The lowest BCUT2D eigenvalue weighted by atomic mass is 9.90. The van der Waals surface area contributed by atoms with Gasteiger partial charge < -0.3 is 19.7 Å². The molecule has 2 fully saturated rings. The van der Waals surface area contributed by atoms with E-state index in [1.54, 1.807) is 6.07 Å². The molecule has 2 saturated heterocycles. The average Bonchev–Trinajstić information content (AvgIpc) is 2.85. The van der Waals surface area contributed by atoms with Gasteiger partial charge in [0.25, 0.3) is 0 Å². The molecule has 0 saturated carbocycles. The summed E-state index contributed by atoms with van der Waals surface area (Å²) in [5.74, 6) is -0.0970. The zero-order valence-corrected chi connectivity index (χ0v) is 18.3. The highest BCUT2D eigenvalue weighted by molar-refractivity contribution is 6.30. The Morgan fingerprint density at radius 3 is 2.69 bits per heavy atom. The maximum Gasteiger partial charge on any atom is 0.410 e. The van der Waals surface area contributed by atoms with E-state index in [1.807, 2.05) is 25.7 Å². The SMILES string of the molecule is CC(C)(C)OC(=O)N1CCC[C@@H]([C@H]2CCCCC(Nc3cc(F)cc(Cl)c3)O2)C1. The van der Waals surface area contributed by atoms with Gasteiger partial charge in [0.15, 0.2) is 0 Å². The van der Waals surface area contributed by atoms with Crippen LogP contribution in [0.5, 0.6) is 0 Å². The number of hydrogen-bond acceptors (Lipinski definition) is 4. The molecule has 29 heavy (non-hydrogen) atoms. The summed E-state index contributed by atoms with van der Waals surface area (Å²) >= 11 is 5.97. The molecule has 2 heterocycles. The number of ether oxygens (including phenoxy) is 2. The van der Waals surface area contributed by atoms with E-state index in [0.717, 1.165) is 45.1 Å². The summed E-state index contributed by atoms with van der Waals surface area (Å²) < 4.78 is 25.6. The summed E-state index contributed by atoms with van der Waals surface area (Å²) in [5, 5.41) is 3.64. The molecular formula is C22H32ClFN2O3. The number of carbonyl (C=O) groups is 1. The number of piperidine rings is 1. The number of anilines is 1. The maximum absolute atomic E-state index is 13.7. The van der Waals surface area contributed by atoms with Gasteiger partial charge in [0.2, 0.25) is 0 Å². The summed E-state index contributed by atoms with van der Waals surface area (Å²) in [5.41, 5.74) is 0.129. The van der Waals surface area contributed by atoms with Gasteiger partial charge in [0.1, 0.15) is 17.6 Å². The number of nitrogens with one attached hydrogen (secondary N) is 1. The van der Waals surface area contributed by atoms with E-state index in [9.17, 15) is 9.18 Å². The van der Waals surface area contributed by atoms with Crippen LogP contribution in [0.2, 0.25) is 5.02 Å². The van der Waals surface area contributed by atoms with Crippen molar-refractivity contribution in [2.75, 3.05) is 18.4 Å². The quantitative estimate of drug-likeness (QED) is 0.661. The second kappa shape index (κ2) is 9.52. The van der Waals surface area contributed by atoms with Crippen LogP contribution < -0.4 is 5.32 Å². The Bertz CT molecular complexity index is 690. The molecule has 0 aromatic heterocycles. The van der Waals surface area contributed by atoms with Crippen LogP contribution in [0.25, 0.3) is 0 Å². The lowest BCUT2D eigenvalue weighted by Crippen LogP contribution is -2.46. The highest BCUT2D eigenvalue weighted by atomic mass is 35.5. The molecule has 1 unspecified atom stereocenters. The highest BCUT2D eigenvalue weighted by Crippen LogP contribution is 2.31. The monoisotopic (exact) mass is 426 g/mol. The lowest BCUT2D eigenvalue weighted by Gasteiger charge is -2.38. The first-order valence-electron chi connectivity index (χ1n) is 10.6. The van der Waals surface area contributed by atoms with Crippen LogP contribution in [-0.2, 0) is 9.47 Å². The molecule has 0 bridgehead atoms. The summed E-state index contributed by atoms with van der Waals surface area (Å²) in [4.78, 5) is 14.3. The summed E-state index contributed by atoms with van der Waals surface area (Å²) in [7, 11) is 0. The third kappa shape index (κ3) is 6.75. The van der Waals surface area contributed by atoms with Crippen LogP contribution in [0, 0.1) is 11.7 Å². The number of rotatable bonds is 3. The van der Waals surface area contributed by atoms with Crippen molar-refractivity contribution in [3.05, 3.63) is 29.0 Å². The zero-order valence-electron chi connectivity index (χ0n) is 17.5. The highest BCUT2D eigenvalue weighted by Gasteiger charge is 2.34. The fourth-order valence-electron chi connectivity index (χ4n) is 4.10. The number of halogens is 2. The van der Waals surface area contributed by atoms with Crippen LogP contribution in [0.1, 0.15) is 59.3 Å². The minimum atomic E-state index is -0.496. The minimum Gasteiger partial charge on any atom is -0.444 e. The molecule has 7 heteroatoms. The molecule has 1 N–H and O–H groups in total. The van der Waals surface area contributed by atoms with E-state index in [1.165, 1.54) is 12.1 Å². The van der Waals surface area contributed by atoms with E-state index >= 15 is 0 Å². The molecule has 2 aliphatic heterocycles. The second-order valence-corrected chi connectivity index (χ2v) is 9.52. The smallest absolute Gasteiger partial charge is 0.410 e. The van der Waals surface area contributed by atoms with Crippen LogP contribution in [-0.4, -0.2) is 42.0 Å². The van der Waals surface area contributed by atoms with Crippen molar-refractivity contribution < 1.29 is 18.7 Å². The van der Waals surface area contributed by atoms with Crippen molar-refractivity contribution in [2.24, 2.45) is 5.92 Å². The third-order valence-corrected chi connectivity index (χ3v) is 5.59. The molecule has 1 aromatic carbocycles. The van der Waals surface area contributed by atoms with Crippen molar-refractivity contribution in [3.8, 4) is 0 Å². The molecule has 1 aromatic rings. The van der Waals surface area contributed by atoms with E-state index in [2.05, 4.69) is 5.32 Å². The van der Waals surface area contributed by atoms with Gasteiger partial charge in [-0.2, -0.15) is 0 Å². The van der Waals surface area contributed by atoms with Gasteiger partial charge in [-0.05, 0) is 71.1 Å². The molecule has 162 valence electrons. The predicted molar refractivity (Wildman–Crippen MR) is 113 cm³/mol. The topological polar surface area (TPSA) is 50.8 Å². The third-order valence-electron chi connectivity index (χ3n) is 5.37. The maximum atomic E-state index is 13.7. The number of benzene rings is 1. The Morgan fingerprint density at radius 1 is 1.21 bits per heavy atom. The van der Waals surface area contributed by atoms with Gasteiger partial charge in [-0.1, -0.05) is 18.0 Å². The molecule has 5 nitrogen and oxygen atoms in total. The van der Waals surface area contributed by atoms with Gasteiger partial charge >= 0.3 is 6.09 Å². The van der Waals surface area contributed by atoms with E-state index in [-0.39, 0.29) is 30.2 Å².